The maximum absolute atomic E-state index is 10.5. The number of ketones is 1. The molecule has 0 bridgehead atoms. The van der Waals surface area contributed by atoms with Gasteiger partial charge >= 0.3 is 0 Å². The van der Waals surface area contributed by atoms with E-state index in [0.29, 0.717) is 5.78 Å². The summed E-state index contributed by atoms with van der Waals surface area (Å²) in [6, 6.07) is 0. The van der Waals surface area contributed by atoms with Gasteiger partial charge in [-0.15, -0.1) is 6.58 Å². The van der Waals surface area contributed by atoms with Crippen LogP contribution in [-0.2, 0) is 4.79 Å². The molecule has 0 aliphatic carbocycles. The number of carbonyl (C=O) groups excluding carboxylic acids is 1. The molecule has 0 heterocycles. The molecule has 0 aliphatic rings. The van der Waals surface area contributed by atoms with Gasteiger partial charge in [0.05, 0.1) is 0 Å². The van der Waals surface area contributed by atoms with Gasteiger partial charge in [0.15, 0.2) is 0 Å². The lowest BCUT2D eigenvalue weighted by Crippen LogP contribution is -1.89. The molecule has 0 aliphatic heterocycles. The van der Waals surface area contributed by atoms with E-state index in [2.05, 4.69) is 13.0 Å². The van der Waals surface area contributed by atoms with E-state index in [0.717, 1.165) is 32.1 Å². The highest BCUT2D eigenvalue weighted by Crippen LogP contribution is 2.04. The number of allylic oxidation sites excluding steroid dienone is 1. The quantitative estimate of drug-likeness (QED) is 0.406. The van der Waals surface area contributed by atoms with Crippen LogP contribution in [0.15, 0.2) is 12.7 Å². The van der Waals surface area contributed by atoms with Crippen molar-refractivity contribution in [3.63, 3.8) is 0 Å². The predicted molar refractivity (Wildman–Crippen MR) is 48.3 cm³/mol. The lowest BCUT2D eigenvalue weighted by atomic mass is 10.1. The molecule has 0 amide bonds. The van der Waals surface area contributed by atoms with Gasteiger partial charge in [-0.3, -0.25) is 0 Å². The minimum Gasteiger partial charge on any atom is -0.300 e. The van der Waals surface area contributed by atoms with Crippen LogP contribution in [0.1, 0.15) is 39.0 Å². The van der Waals surface area contributed by atoms with E-state index in [9.17, 15) is 4.79 Å². The minimum atomic E-state index is 0.300. The first-order valence-electron chi connectivity index (χ1n) is 4.19. The minimum absolute atomic E-state index is 0.300. The Morgan fingerprint density at radius 2 is 2.18 bits per heavy atom. The third-order valence-electron chi connectivity index (χ3n) is 1.52. The normalized spacial score (nSPS) is 9.55. The molecule has 1 nitrogen and oxygen atoms in total. The Balaban J connectivity index is 2.90. The number of rotatable bonds is 7. The second-order valence-electron chi connectivity index (χ2n) is 2.76. The highest BCUT2D eigenvalue weighted by atomic mass is 16.1. The third-order valence-corrected chi connectivity index (χ3v) is 1.52. The van der Waals surface area contributed by atoms with Gasteiger partial charge < -0.3 is 4.79 Å². The van der Waals surface area contributed by atoms with Crippen LogP contribution in [0.5, 0.6) is 0 Å². The summed E-state index contributed by atoms with van der Waals surface area (Å²) in [5.74, 6) is 0.300. The summed E-state index contributed by atoms with van der Waals surface area (Å²) >= 11 is 0. The Kier molecular flexibility index (Phi) is 7.11. The largest absolute Gasteiger partial charge is 0.300 e. The zero-order valence-electron chi connectivity index (χ0n) is 7.31. The maximum atomic E-state index is 10.5. The predicted octanol–water partition coefficient (Wildman–Crippen LogP) is 2.92. The number of Topliss-reactive ketones (excluding diaryl/α,β-unsaturated/α-hetero) is 1. The molecule has 0 N–H and O–H groups in total. The second-order valence-corrected chi connectivity index (χ2v) is 2.76. The Hall–Kier alpha value is -0.590. The molecule has 0 rings (SSSR count). The van der Waals surface area contributed by atoms with Gasteiger partial charge in [-0.1, -0.05) is 12.5 Å². The Bertz CT molecular complexity index is 116. The zero-order valence-corrected chi connectivity index (χ0v) is 7.31. The van der Waals surface area contributed by atoms with E-state index in [1.807, 2.05) is 6.08 Å². The highest BCUT2D eigenvalue weighted by Gasteiger charge is 1.92. The summed E-state index contributed by atoms with van der Waals surface area (Å²) in [5.41, 5.74) is 0. The highest BCUT2D eigenvalue weighted by molar-refractivity contribution is 5.75. The first-order valence-corrected chi connectivity index (χ1v) is 4.19. The van der Waals surface area contributed by atoms with Crippen molar-refractivity contribution in [2.75, 3.05) is 0 Å². The summed E-state index contributed by atoms with van der Waals surface area (Å²) in [7, 11) is 0. The summed E-state index contributed by atoms with van der Waals surface area (Å²) in [6.07, 6.45) is 9.09. The SMILES string of the molecule is C=CC[CH]CCCCC(C)=O. The van der Waals surface area contributed by atoms with Gasteiger partial charge in [-0.05, 0) is 32.6 Å². The zero-order chi connectivity index (χ0) is 8.53. The maximum Gasteiger partial charge on any atom is 0.129 e. The second kappa shape index (κ2) is 7.52. The number of hydrogen-bond acceptors (Lipinski definition) is 1. The van der Waals surface area contributed by atoms with Gasteiger partial charge in [0.1, 0.15) is 5.78 Å². The van der Waals surface area contributed by atoms with Crippen molar-refractivity contribution in [3.05, 3.63) is 19.1 Å². The number of hydrogen-bond donors (Lipinski definition) is 0. The topological polar surface area (TPSA) is 17.1 Å². The van der Waals surface area contributed by atoms with E-state index in [1.54, 1.807) is 6.92 Å². The Morgan fingerprint density at radius 1 is 1.45 bits per heavy atom. The van der Waals surface area contributed by atoms with Crippen molar-refractivity contribution in [1.29, 1.82) is 0 Å². The number of carbonyl (C=O) groups is 1. The smallest absolute Gasteiger partial charge is 0.129 e. The molecular formula is C10H17O. The van der Waals surface area contributed by atoms with Crippen molar-refractivity contribution in [2.24, 2.45) is 0 Å². The Labute approximate surface area is 69.5 Å². The van der Waals surface area contributed by atoms with Crippen molar-refractivity contribution < 1.29 is 4.79 Å². The summed E-state index contributed by atoms with van der Waals surface area (Å²) < 4.78 is 0. The van der Waals surface area contributed by atoms with Crippen molar-refractivity contribution in [3.8, 4) is 0 Å². The Morgan fingerprint density at radius 3 is 2.73 bits per heavy atom. The fourth-order valence-corrected chi connectivity index (χ4v) is 0.898. The van der Waals surface area contributed by atoms with Gasteiger partial charge in [0.2, 0.25) is 0 Å². The van der Waals surface area contributed by atoms with E-state index in [-0.39, 0.29) is 0 Å². The van der Waals surface area contributed by atoms with Crippen molar-refractivity contribution in [2.45, 2.75) is 39.0 Å². The van der Waals surface area contributed by atoms with E-state index >= 15 is 0 Å². The molecule has 0 saturated heterocycles. The first-order chi connectivity index (χ1) is 5.27. The molecule has 0 aromatic heterocycles. The van der Waals surface area contributed by atoms with E-state index < -0.39 is 0 Å². The van der Waals surface area contributed by atoms with Gasteiger partial charge in [0, 0.05) is 6.42 Å². The molecule has 63 valence electrons. The lowest BCUT2D eigenvalue weighted by molar-refractivity contribution is -0.117. The van der Waals surface area contributed by atoms with Crippen LogP contribution in [0.25, 0.3) is 0 Å². The van der Waals surface area contributed by atoms with E-state index in [4.69, 9.17) is 0 Å². The number of unbranched alkanes of at least 4 members (excludes halogenated alkanes) is 4. The van der Waals surface area contributed by atoms with Gasteiger partial charge in [0.25, 0.3) is 0 Å². The lowest BCUT2D eigenvalue weighted by Gasteiger charge is -1.96. The fraction of sp³-hybridized carbons (Fsp3) is 0.600. The molecule has 0 aromatic carbocycles. The van der Waals surface area contributed by atoms with Crippen molar-refractivity contribution in [1.82, 2.24) is 0 Å². The monoisotopic (exact) mass is 153 g/mol. The van der Waals surface area contributed by atoms with Crippen LogP contribution < -0.4 is 0 Å². The van der Waals surface area contributed by atoms with Crippen LogP contribution in [0.3, 0.4) is 0 Å². The van der Waals surface area contributed by atoms with Gasteiger partial charge in [-0.2, -0.15) is 0 Å². The van der Waals surface area contributed by atoms with Crippen LogP contribution >= 0.6 is 0 Å². The molecule has 0 spiro atoms. The summed E-state index contributed by atoms with van der Waals surface area (Å²) in [6.45, 7) is 5.27. The van der Waals surface area contributed by atoms with Crippen LogP contribution in [-0.4, -0.2) is 5.78 Å². The van der Waals surface area contributed by atoms with Crippen LogP contribution in [0.4, 0.5) is 0 Å². The van der Waals surface area contributed by atoms with E-state index in [1.165, 1.54) is 0 Å². The average Bonchev–Trinajstić information content (AvgIpc) is 1.96. The van der Waals surface area contributed by atoms with Crippen LogP contribution in [0.2, 0.25) is 0 Å². The molecule has 0 unspecified atom stereocenters. The molecule has 0 atom stereocenters. The molecule has 1 heteroatoms. The summed E-state index contributed by atoms with van der Waals surface area (Å²) in [4.78, 5) is 10.5. The average molecular weight is 153 g/mol. The molecule has 0 saturated carbocycles. The molecule has 11 heavy (non-hydrogen) atoms. The standard InChI is InChI=1S/C10H17O/c1-3-4-5-6-7-8-9-10(2)11/h3,5H,1,4,6-9H2,2H3. The first kappa shape index (κ1) is 10.4. The fourth-order valence-electron chi connectivity index (χ4n) is 0.898. The van der Waals surface area contributed by atoms with Gasteiger partial charge in [-0.25, -0.2) is 0 Å². The molecule has 0 fully saturated rings. The van der Waals surface area contributed by atoms with Crippen LogP contribution in [0, 0.1) is 6.42 Å². The molecular weight excluding hydrogens is 136 g/mol. The summed E-state index contributed by atoms with van der Waals surface area (Å²) in [5, 5.41) is 0. The van der Waals surface area contributed by atoms with Crippen molar-refractivity contribution >= 4 is 5.78 Å². The molecule has 0 aromatic rings. The third kappa shape index (κ3) is 9.41. The molecule has 1 radical (unpaired) electrons.